The van der Waals surface area contributed by atoms with E-state index in [0.29, 0.717) is 29.2 Å². The van der Waals surface area contributed by atoms with Crippen LogP contribution in [0.1, 0.15) is 22.3 Å². The first-order valence-corrected chi connectivity index (χ1v) is 8.95. The maximum Gasteiger partial charge on any atom is 0.306 e. The van der Waals surface area contributed by atoms with Gasteiger partial charge < -0.3 is 24.8 Å². The highest BCUT2D eigenvalue weighted by Crippen LogP contribution is 2.27. The Bertz CT molecular complexity index is 864. The van der Waals surface area contributed by atoms with Crippen molar-refractivity contribution in [2.45, 2.75) is 12.8 Å². The zero-order chi connectivity index (χ0) is 21.2. The van der Waals surface area contributed by atoms with Gasteiger partial charge in [-0.1, -0.05) is 6.07 Å². The number of rotatable bonds is 9. The van der Waals surface area contributed by atoms with Crippen LogP contribution in [0.2, 0.25) is 0 Å². The lowest BCUT2D eigenvalue weighted by molar-refractivity contribution is -0.147. The molecule has 2 N–H and O–H groups in total. The molecule has 0 spiro atoms. The molecule has 0 bridgehead atoms. The van der Waals surface area contributed by atoms with Crippen LogP contribution in [0.25, 0.3) is 0 Å². The minimum atomic E-state index is -0.482. The second-order valence-electron chi connectivity index (χ2n) is 6.05. The van der Waals surface area contributed by atoms with E-state index in [0.717, 1.165) is 5.56 Å². The van der Waals surface area contributed by atoms with E-state index in [4.69, 9.17) is 14.2 Å². The third-order valence-corrected chi connectivity index (χ3v) is 4.09. The van der Waals surface area contributed by atoms with Gasteiger partial charge in [-0.15, -0.1) is 0 Å². The lowest BCUT2D eigenvalue weighted by Gasteiger charge is -2.10. The molecule has 29 heavy (non-hydrogen) atoms. The Balaban J connectivity index is 1.77. The number of methoxy groups -OCH3 is 2. The van der Waals surface area contributed by atoms with E-state index in [9.17, 15) is 14.4 Å². The molecule has 2 aromatic carbocycles. The molecule has 2 rings (SSSR count). The van der Waals surface area contributed by atoms with Crippen LogP contribution in [0, 0.1) is 0 Å². The highest BCUT2D eigenvalue weighted by molar-refractivity contribution is 5.96. The molecule has 0 aliphatic rings. The van der Waals surface area contributed by atoms with Gasteiger partial charge in [0.1, 0.15) is 0 Å². The predicted octanol–water partition coefficient (Wildman–Crippen LogP) is 2.18. The minimum Gasteiger partial charge on any atom is -0.493 e. The van der Waals surface area contributed by atoms with E-state index >= 15 is 0 Å². The molecule has 0 radical (unpaired) electrons. The third kappa shape index (κ3) is 6.53. The summed E-state index contributed by atoms with van der Waals surface area (Å²) in [5.41, 5.74) is 1.87. The third-order valence-electron chi connectivity index (χ3n) is 4.09. The molecule has 8 nitrogen and oxygen atoms in total. The molecule has 154 valence electrons. The Morgan fingerprint density at radius 3 is 2.24 bits per heavy atom. The largest absolute Gasteiger partial charge is 0.493 e. The van der Waals surface area contributed by atoms with Crippen LogP contribution in [-0.2, 0) is 20.7 Å². The van der Waals surface area contributed by atoms with Gasteiger partial charge in [-0.2, -0.15) is 0 Å². The fourth-order valence-corrected chi connectivity index (χ4v) is 2.55. The number of nitrogens with one attached hydrogen (secondary N) is 2. The average Bonchev–Trinajstić information content (AvgIpc) is 2.75. The summed E-state index contributed by atoms with van der Waals surface area (Å²) in [6, 6.07) is 11.8. The van der Waals surface area contributed by atoms with Gasteiger partial charge >= 0.3 is 5.97 Å². The molecule has 2 aromatic rings. The van der Waals surface area contributed by atoms with Gasteiger partial charge in [0.15, 0.2) is 18.1 Å². The summed E-state index contributed by atoms with van der Waals surface area (Å²) in [5, 5.41) is 5.12. The van der Waals surface area contributed by atoms with E-state index < -0.39 is 11.9 Å². The molecule has 0 aromatic heterocycles. The fraction of sp³-hybridized carbons (Fsp3) is 0.286. The highest BCUT2D eigenvalue weighted by atomic mass is 16.5. The topological polar surface area (TPSA) is 103 Å². The van der Waals surface area contributed by atoms with Gasteiger partial charge in [0, 0.05) is 24.7 Å². The van der Waals surface area contributed by atoms with Crippen LogP contribution in [0.5, 0.6) is 11.5 Å². The summed E-state index contributed by atoms with van der Waals surface area (Å²) in [5.74, 6) is 0.0346. The van der Waals surface area contributed by atoms with Gasteiger partial charge in [0.2, 0.25) is 0 Å². The van der Waals surface area contributed by atoms with Crippen molar-refractivity contribution < 1.29 is 28.6 Å². The van der Waals surface area contributed by atoms with Crippen molar-refractivity contribution in [3.63, 3.8) is 0 Å². The zero-order valence-corrected chi connectivity index (χ0v) is 16.6. The quantitative estimate of drug-likeness (QED) is 0.626. The molecule has 0 aliphatic heterocycles. The summed E-state index contributed by atoms with van der Waals surface area (Å²) in [4.78, 5) is 35.3. The standard InChI is InChI=1S/C21H24N2O6/c1-22-21(26)15-6-8-16(9-7-15)23-19(24)13-29-20(25)11-5-14-4-10-17(27-2)18(12-14)28-3/h4,6-10,12H,5,11,13H2,1-3H3,(H,22,26)(H,23,24). The van der Waals surface area contributed by atoms with Crippen molar-refractivity contribution in [1.82, 2.24) is 5.32 Å². The van der Waals surface area contributed by atoms with Crippen LogP contribution in [-0.4, -0.2) is 45.7 Å². The van der Waals surface area contributed by atoms with Crippen LogP contribution in [0.3, 0.4) is 0 Å². The maximum absolute atomic E-state index is 11.9. The van der Waals surface area contributed by atoms with Crippen molar-refractivity contribution >= 4 is 23.5 Å². The van der Waals surface area contributed by atoms with Gasteiger partial charge in [0.25, 0.3) is 11.8 Å². The first kappa shape index (κ1) is 21.7. The Morgan fingerprint density at radius 2 is 1.62 bits per heavy atom. The lowest BCUT2D eigenvalue weighted by atomic mass is 10.1. The number of esters is 1. The van der Waals surface area contributed by atoms with Crippen LogP contribution in [0.4, 0.5) is 5.69 Å². The van der Waals surface area contributed by atoms with Gasteiger partial charge in [-0.3, -0.25) is 14.4 Å². The summed E-state index contributed by atoms with van der Waals surface area (Å²) < 4.78 is 15.4. The summed E-state index contributed by atoms with van der Waals surface area (Å²) in [6.45, 7) is -0.387. The average molecular weight is 400 g/mol. The molecular formula is C21H24N2O6. The number of hydrogen-bond acceptors (Lipinski definition) is 6. The molecule has 0 atom stereocenters. The normalized spacial score (nSPS) is 10.0. The van der Waals surface area contributed by atoms with E-state index in [2.05, 4.69) is 10.6 Å². The predicted molar refractivity (Wildman–Crippen MR) is 107 cm³/mol. The fourth-order valence-electron chi connectivity index (χ4n) is 2.55. The second kappa shape index (κ2) is 10.7. The number of anilines is 1. The molecule has 8 heteroatoms. The van der Waals surface area contributed by atoms with E-state index in [1.807, 2.05) is 6.07 Å². The molecule has 0 heterocycles. The van der Waals surface area contributed by atoms with Crippen molar-refractivity contribution in [3.8, 4) is 11.5 Å². The summed E-state index contributed by atoms with van der Waals surface area (Å²) in [6.07, 6.45) is 0.575. The first-order chi connectivity index (χ1) is 14.0. The number of benzene rings is 2. The SMILES string of the molecule is CNC(=O)c1ccc(NC(=O)COC(=O)CCc2ccc(OC)c(OC)c2)cc1. The van der Waals surface area contributed by atoms with Gasteiger partial charge in [-0.25, -0.2) is 0 Å². The molecule has 0 saturated carbocycles. The Labute approximate surface area is 169 Å². The molecular weight excluding hydrogens is 376 g/mol. The van der Waals surface area contributed by atoms with Crippen LogP contribution >= 0.6 is 0 Å². The van der Waals surface area contributed by atoms with E-state index in [-0.39, 0.29) is 18.9 Å². The zero-order valence-electron chi connectivity index (χ0n) is 16.6. The van der Waals surface area contributed by atoms with Crippen molar-refractivity contribution in [2.75, 3.05) is 33.2 Å². The molecule has 0 saturated heterocycles. The lowest BCUT2D eigenvalue weighted by Crippen LogP contribution is -2.21. The van der Waals surface area contributed by atoms with E-state index in [1.54, 1.807) is 50.6 Å². The number of ether oxygens (including phenoxy) is 3. The number of aryl methyl sites for hydroxylation is 1. The monoisotopic (exact) mass is 400 g/mol. The second-order valence-corrected chi connectivity index (χ2v) is 6.05. The molecule has 0 fully saturated rings. The minimum absolute atomic E-state index is 0.129. The Hall–Kier alpha value is -3.55. The number of hydrogen-bond donors (Lipinski definition) is 2. The first-order valence-electron chi connectivity index (χ1n) is 8.95. The maximum atomic E-state index is 11.9. The van der Waals surface area contributed by atoms with Crippen LogP contribution < -0.4 is 20.1 Å². The number of carbonyl (C=O) groups excluding carboxylic acids is 3. The number of amides is 2. The summed E-state index contributed by atoms with van der Waals surface area (Å²) >= 11 is 0. The molecule has 2 amide bonds. The van der Waals surface area contributed by atoms with Crippen molar-refractivity contribution in [2.24, 2.45) is 0 Å². The van der Waals surface area contributed by atoms with Gasteiger partial charge in [-0.05, 0) is 48.4 Å². The Morgan fingerprint density at radius 1 is 0.931 bits per heavy atom. The Kier molecular flexibility index (Phi) is 8.02. The van der Waals surface area contributed by atoms with Crippen molar-refractivity contribution in [1.29, 1.82) is 0 Å². The van der Waals surface area contributed by atoms with Crippen LogP contribution in [0.15, 0.2) is 42.5 Å². The smallest absolute Gasteiger partial charge is 0.306 e. The summed E-state index contributed by atoms with van der Waals surface area (Å²) in [7, 11) is 4.63. The van der Waals surface area contributed by atoms with E-state index in [1.165, 1.54) is 7.05 Å². The van der Waals surface area contributed by atoms with Crippen molar-refractivity contribution in [3.05, 3.63) is 53.6 Å². The number of carbonyl (C=O) groups is 3. The highest BCUT2D eigenvalue weighted by Gasteiger charge is 2.11. The van der Waals surface area contributed by atoms with Gasteiger partial charge in [0.05, 0.1) is 14.2 Å². The molecule has 0 aliphatic carbocycles. The molecule has 0 unspecified atom stereocenters.